The van der Waals surface area contributed by atoms with E-state index in [0.29, 0.717) is 22.5 Å². The van der Waals surface area contributed by atoms with E-state index >= 15 is 0 Å². The van der Waals surface area contributed by atoms with Gasteiger partial charge in [-0.25, -0.2) is 4.39 Å². The van der Waals surface area contributed by atoms with Gasteiger partial charge in [0.25, 0.3) is 11.8 Å². The molecule has 0 radical (unpaired) electrons. The Labute approximate surface area is 150 Å². The quantitative estimate of drug-likeness (QED) is 0.722. The van der Waals surface area contributed by atoms with Gasteiger partial charge in [0, 0.05) is 22.5 Å². The molecule has 0 unspecified atom stereocenters. The van der Waals surface area contributed by atoms with Crippen LogP contribution < -0.4 is 10.6 Å². The largest absolute Gasteiger partial charge is 0.322 e. The lowest BCUT2D eigenvalue weighted by atomic mass is 10.1. The van der Waals surface area contributed by atoms with E-state index in [1.54, 1.807) is 30.3 Å². The Kier molecular flexibility index (Phi) is 5.08. The molecule has 0 heterocycles. The van der Waals surface area contributed by atoms with Gasteiger partial charge < -0.3 is 10.6 Å². The third-order valence-electron chi connectivity index (χ3n) is 3.77. The van der Waals surface area contributed by atoms with Gasteiger partial charge in [0.1, 0.15) is 5.82 Å². The number of benzene rings is 3. The Balaban J connectivity index is 1.67. The molecule has 3 rings (SSSR count). The minimum absolute atomic E-state index is 0.257. The summed E-state index contributed by atoms with van der Waals surface area (Å²) in [6.07, 6.45) is 0. The van der Waals surface area contributed by atoms with Crippen molar-refractivity contribution in [1.82, 2.24) is 0 Å². The molecule has 3 aromatic carbocycles. The van der Waals surface area contributed by atoms with Crippen molar-refractivity contribution in [3.8, 4) is 0 Å². The molecule has 4 nitrogen and oxygen atoms in total. The van der Waals surface area contributed by atoms with Gasteiger partial charge >= 0.3 is 0 Å². The van der Waals surface area contributed by atoms with Gasteiger partial charge in [-0.1, -0.05) is 18.2 Å². The third-order valence-corrected chi connectivity index (χ3v) is 3.77. The Bertz CT molecular complexity index is 874. The van der Waals surface area contributed by atoms with Crippen LogP contribution in [0.1, 0.15) is 26.3 Å². The molecule has 5 heteroatoms. The van der Waals surface area contributed by atoms with Crippen LogP contribution >= 0.6 is 0 Å². The number of amides is 2. The maximum Gasteiger partial charge on any atom is 0.255 e. The Morgan fingerprint density at radius 2 is 1.23 bits per heavy atom. The van der Waals surface area contributed by atoms with Crippen LogP contribution in [-0.2, 0) is 0 Å². The molecular formula is C21H17FN2O2. The van der Waals surface area contributed by atoms with Gasteiger partial charge in [0.15, 0.2) is 0 Å². The third kappa shape index (κ3) is 4.33. The number of hydrogen-bond acceptors (Lipinski definition) is 2. The zero-order chi connectivity index (χ0) is 18.5. The van der Waals surface area contributed by atoms with E-state index in [2.05, 4.69) is 10.6 Å². The number of carbonyl (C=O) groups excluding carboxylic acids is 2. The molecule has 0 saturated heterocycles. The normalized spacial score (nSPS) is 10.2. The molecule has 26 heavy (non-hydrogen) atoms. The van der Waals surface area contributed by atoms with Crippen molar-refractivity contribution in [3.63, 3.8) is 0 Å². The van der Waals surface area contributed by atoms with Crippen molar-refractivity contribution >= 4 is 23.2 Å². The molecule has 0 aromatic heterocycles. The first-order chi connectivity index (χ1) is 12.5. The molecule has 0 aliphatic carbocycles. The molecule has 0 fully saturated rings. The Morgan fingerprint density at radius 3 is 1.73 bits per heavy atom. The molecule has 2 N–H and O–H groups in total. The summed E-state index contributed by atoms with van der Waals surface area (Å²) in [4.78, 5) is 24.5. The minimum Gasteiger partial charge on any atom is -0.322 e. The first-order valence-corrected chi connectivity index (χ1v) is 8.06. The summed E-state index contributed by atoms with van der Waals surface area (Å²) in [6, 6.07) is 19.4. The predicted octanol–water partition coefficient (Wildman–Crippen LogP) is 4.64. The standard InChI is InChI=1S/C21H17FN2O2/c1-14-4-2-6-18(12-14)23-20(25)15-8-10-16(11-9-15)21(26)24-19-7-3-5-17(22)13-19/h2-13H,1H3,(H,23,25)(H,24,26). The second kappa shape index (κ2) is 7.61. The van der Waals surface area contributed by atoms with Gasteiger partial charge in [0.05, 0.1) is 0 Å². The first-order valence-electron chi connectivity index (χ1n) is 8.06. The minimum atomic E-state index is -0.425. The van der Waals surface area contributed by atoms with E-state index in [9.17, 15) is 14.0 Å². The van der Waals surface area contributed by atoms with Crippen molar-refractivity contribution in [2.24, 2.45) is 0 Å². The van der Waals surface area contributed by atoms with Crippen molar-refractivity contribution in [1.29, 1.82) is 0 Å². The highest BCUT2D eigenvalue weighted by molar-refractivity contribution is 6.07. The van der Waals surface area contributed by atoms with E-state index < -0.39 is 5.82 Å². The molecule has 0 spiro atoms. The molecule has 0 aliphatic rings. The molecule has 0 aliphatic heterocycles. The summed E-state index contributed by atoms with van der Waals surface area (Å²) in [5.41, 5.74) is 2.95. The van der Waals surface area contributed by atoms with E-state index in [1.807, 2.05) is 31.2 Å². The van der Waals surface area contributed by atoms with Gasteiger partial charge in [-0.2, -0.15) is 0 Å². The van der Waals surface area contributed by atoms with Crippen LogP contribution in [0.3, 0.4) is 0 Å². The highest BCUT2D eigenvalue weighted by Gasteiger charge is 2.10. The molecule has 0 atom stereocenters. The first kappa shape index (κ1) is 17.4. The van der Waals surface area contributed by atoms with E-state index in [-0.39, 0.29) is 11.8 Å². The number of halogens is 1. The van der Waals surface area contributed by atoms with E-state index in [0.717, 1.165) is 5.56 Å². The number of hydrogen-bond donors (Lipinski definition) is 2. The maximum absolute atomic E-state index is 13.2. The van der Waals surface area contributed by atoms with E-state index in [1.165, 1.54) is 18.2 Å². The van der Waals surface area contributed by atoms with Gasteiger partial charge in [-0.15, -0.1) is 0 Å². The monoisotopic (exact) mass is 348 g/mol. The van der Waals surface area contributed by atoms with Crippen LogP contribution in [0.2, 0.25) is 0 Å². The summed E-state index contributed by atoms with van der Waals surface area (Å²) < 4.78 is 13.2. The maximum atomic E-state index is 13.2. The smallest absolute Gasteiger partial charge is 0.255 e. The lowest BCUT2D eigenvalue weighted by molar-refractivity contribution is 0.101. The molecule has 130 valence electrons. The fraction of sp³-hybridized carbons (Fsp3) is 0.0476. The van der Waals surface area contributed by atoms with Crippen LogP contribution in [0.4, 0.5) is 15.8 Å². The predicted molar refractivity (Wildman–Crippen MR) is 99.9 cm³/mol. The lowest BCUT2D eigenvalue weighted by Crippen LogP contribution is -2.14. The summed E-state index contributed by atoms with van der Waals surface area (Å²) in [5.74, 6) is -1.06. The highest BCUT2D eigenvalue weighted by Crippen LogP contribution is 2.14. The van der Waals surface area contributed by atoms with Crippen molar-refractivity contribution in [2.75, 3.05) is 10.6 Å². The van der Waals surface area contributed by atoms with Gasteiger partial charge in [-0.05, 0) is 67.1 Å². The molecule has 2 amide bonds. The number of aryl methyl sites for hydroxylation is 1. The van der Waals surface area contributed by atoms with Crippen LogP contribution in [-0.4, -0.2) is 11.8 Å². The fourth-order valence-corrected chi connectivity index (χ4v) is 2.47. The average molecular weight is 348 g/mol. The second-order valence-electron chi connectivity index (χ2n) is 5.87. The summed E-state index contributed by atoms with van der Waals surface area (Å²) >= 11 is 0. The van der Waals surface area contributed by atoms with Crippen molar-refractivity contribution in [2.45, 2.75) is 6.92 Å². The van der Waals surface area contributed by atoms with Crippen molar-refractivity contribution < 1.29 is 14.0 Å². The van der Waals surface area contributed by atoms with Gasteiger partial charge in [0.2, 0.25) is 0 Å². The summed E-state index contributed by atoms with van der Waals surface area (Å²) in [5, 5.41) is 5.43. The number of nitrogens with one attached hydrogen (secondary N) is 2. The van der Waals surface area contributed by atoms with Crippen LogP contribution in [0, 0.1) is 12.7 Å². The van der Waals surface area contributed by atoms with Crippen molar-refractivity contribution in [3.05, 3.63) is 95.3 Å². The SMILES string of the molecule is Cc1cccc(NC(=O)c2ccc(C(=O)Nc3cccc(F)c3)cc2)c1. The number of carbonyl (C=O) groups is 2. The Morgan fingerprint density at radius 1 is 0.731 bits per heavy atom. The molecule has 0 saturated carbocycles. The molecular weight excluding hydrogens is 331 g/mol. The Hall–Kier alpha value is -3.47. The second-order valence-corrected chi connectivity index (χ2v) is 5.87. The number of rotatable bonds is 4. The topological polar surface area (TPSA) is 58.2 Å². The average Bonchev–Trinajstić information content (AvgIpc) is 2.62. The summed E-state index contributed by atoms with van der Waals surface area (Å²) in [6.45, 7) is 1.95. The fourth-order valence-electron chi connectivity index (χ4n) is 2.47. The zero-order valence-electron chi connectivity index (χ0n) is 14.1. The number of anilines is 2. The van der Waals surface area contributed by atoms with E-state index in [4.69, 9.17) is 0 Å². The zero-order valence-corrected chi connectivity index (χ0v) is 14.1. The van der Waals surface area contributed by atoms with Crippen LogP contribution in [0.15, 0.2) is 72.8 Å². The lowest BCUT2D eigenvalue weighted by Gasteiger charge is -2.08. The van der Waals surface area contributed by atoms with Gasteiger partial charge in [-0.3, -0.25) is 9.59 Å². The highest BCUT2D eigenvalue weighted by atomic mass is 19.1. The molecule has 3 aromatic rings. The summed E-state index contributed by atoms with van der Waals surface area (Å²) in [7, 11) is 0. The molecule has 0 bridgehead atoms. The van der Waals surface area contributed by atoms with Crippen LogP contribution in [0.5, 0.6) is 0 Å². The van der Waals surface area contributed by atoms with Crippen LogP contribution in [0.25, 0.3) is 0 Å².